The Morgan fingerprint density at radius 1 is 1.26 bits per heavy atom. The molecule has 0 radical (unpaired) electrons. The third-order valence-corrected chi connectivity index (χ3v) is 5.56. The minimum Gasteiger partial charge on any atom is -0.356 e. The summed E-state index contributed by atoms with van der Waals surface area (Å²) in [6, 6.07) is 11.0. The second-order valence-corrected chi connectivity index (χ2v) is 7.68. The van der Waals surface area contributed by atoms with Gasteiger partial charge in [-0.1, -0.05) is 37.3 Å². The van der Waals surface area contributed by atoms with E-state index >= 15 is 0 Å². The molecule has 2 rings (SSSR count). The van der Waals surface area contributed by atoms with Crippen molar-refractivity contribution in [1.29, 1.82) is 0 Å². The van der Waals surface area contributed by atoms with Crippen LogP contribution in [-0.4, -0.2) is 43.5 Å². The van der Waals surface area contributed by atoms with Gasteiger partial charge in [-0.2, -0.15) is 0 Å². The van der Waals surface area contributed by atoms with Crippen LogP contribution in [0.1, 0.15) is 45.1 Å². The van der Waals surface area contributed by atoms with Crippen molar-refractivity contribution >= 4 is 30.7 Å². The van der Waals surface area contributed by atoms with Gasteiger partial charge in [0.05, 0.1) is 0 Å². The van der Waals surface area contributed by atoms with E-state index in [9.17, 15) is 4.79 Å². The summed E-state index contributed by atoms with van der Waals surface area (Å²) in [4.78, 5) is 14.5. The third kappa shape index (κ3) is 9.79. The largest absolute Gasteiger partial charge is 0.356 e. The second kappa shape index (κ2) is 14.2. The summed E-state index contributed by atoms with van der Waals surface area (Å²) in [6.45, 7) is 8.34. The maximum atomic E-state index is 12.2. The highest BCUT2D eigenvalue weighted by atomic mass is 35.5. The highest BCUT2D eigenvalue weighted by Crippen LogP contribution is 2.22. The van der Waals surface area contributed by atoms with Gasteiger partial charge in [-0.15, -0.1) is 24.8 Å². The molecule has 1 aromatic carbocycles. The second-order valence-electron chi connectivity index (χ2n) is 7.68. The molecule has 0 saturated carbocycles. The van der Waals surface area contributed by atoms with E-state index in [1.165, 1.54) is 18.4 Å². The molecule has 4 nitrogen and oxygen atoms in total. The first-order chi connectivity index (χ1) is 12.1. The molecule has 0 spiro atoms. The molecule has 2 N–H and O–H groups in total. The Labute approximate surface area is 177 Å². The van der Waals surface area contributed by atoms with Gasteiger partial charge in [0.25, 0.3) is 0 Å². The zero-order valence-corrected chi connectivity index (χ0v) is 18.6. The van der Waals surface area contributed by atoms with Gasteiger partial charge >= 0.3 is 0 Å². The van der Waals surface area contributed by atoms with Gasteiger partial charge in [0.2, 0.25) is 5.91 Å². The van der Waals surface area contributed by atoms with Crippen molar-refractivity contribution in [2.24, 2.45) is 11.8 Å². The number of carbonyl (C=O) groups is 1. The maximum absolute atomic E-state index is 12.2. The van der Waals surface area contributed by atoms with Crippen LogP contribution < -0.4 is 10.6 Å². The molecule has 0 aromatic heterocycles. The fourth-order valence-electron chi connectivity index (χ4n) is 3.56. The van der Waals surface area contributed by atoms with Crippen LogP contribution in [0.25, 0.3) is 0 Å². The average molecular weight is 418 g/mol. The zero-order valence-electron chi connectivity index (χ0n) is 16.9. The van der Waals surface area contributed by atoms with Gasteiger partial charge in [-0.3, -0.25) is 9.69 Å². The lowest BCUT2D eigenvalue weighted by Gasteiger charge is -2.28. The lowest BCUT2D eigenvalue weighted by atomic mass is 9.85. The van der Waals surface area contributed by atoms with Crippen molar-refractivity contribution in [3.05, 3.63) is 35.9 Å². The van der Waals surface area contributed by atoms with Crippen molar-refractivity contribution in [3.63, 3.8) is 0 Å². The minimum atomic E-state index is 0. The Morgan fingerprint density at radius 2 is 1.96 bits per heavy atom. The normalized spacial score (nSPS) is 18.7. The number of halogens is 2. The summed E-state index contributed by atoms with van der Waals surface area (Å²) in [5.74, 6) is 1.32. The number of amides is 1. The van der Waals surface area contributed by atoms with E-state index < -0.39 is 0 Å². The van der Waals surface area contributed by atoms with Crippen LogP contribution in [0.15, 0.2) is 30.3 Å². The first kappa shape index (κ1) is 26.2. The van der Waals surface area contributed by atoms with Gasteiger partial charge in [-0.05, 0) is 63.7 Å². The van der Waals surface area contributed by atoms with Crippen LogP contribution in [0.5, 0.6) is 0 Å². The van der Waals surface area contributed by atoms with Crippen LogP contribution in [0, 0.1) is 11.8 Å². The van der Waals surface area contributed by atoms with E-state index in [1.54, 1.807) is 0 Å². The van der Waals surface area contributed by atoms with Crippen LogP contribution in [0.3, 0.4) is 0 Å². The summed E-state index contributed by atoms with van der Waals surface area (Å²) in [5.41, 5.74) is 1.33. The molecular formula is C21H37Cl2N3O. The number of piperidine rings is 1. The maximum Gasteiger partial charge on any atom is 0.220 e. The van der Waals surface area contributed by atoms with Gasteiger partial charge < -0.3 is 10.6 Å². The quantitative estimate of drug-likeness (QED) is 0.640. The molecule has 6 heteroatoms. The van der Waals surface area contributed by atoms with E-state index in [1.807, 2.05) is 6.07 Å². The summed E-state index contributed by atoms with van der Waals surface area (Å²) in [7, 11) is 2.15. The Bertz CT molecular complexity index is 509. The molecule has 156 valence electrons. The third-order valence-electron chi connectivity index (χ3n) is 5.56. The molecule has 1 aliphatic heterocycles. The predicted molar refractivity (Wildman–Crippen MR) is 119 cm³/mol. The fraction of sp³-hybridized carbons (Fsp3) is 0.667. The van der Waals surface area contributed by atoms with Crippen molar-refractivity contribution in [1.82, 2.24) is 15.5 Å². The highest BCUT2D eigenvalue weighted by Gasteiger charge is 2.22. The molecule has 1 fully saturated rings. The number of hydrogen-bond acceptors (Lipinski definition) is 3. The van der Waals surface area contributed by atoms with Gasteiger partial charge in [0.1, 0.15) is 0 Å². The Morgan fingerprint density at radius 3 is 2.59 bits per heavy atom. The monoisotopic (exact) mass is 417 g/mol. The van der Waals surface area contributed by atoms with Crippen LogP contribution >= 0.6 is 24.8 Å². The Kier molecular flexibility index (Phi) is 13.8. The Hall–Kier alpha value is -0.810. The number of rotatable bonds is 9. The summed E-state index contributed by atoms with van der Waals surface area (Å²) < 4.78 is 0. The molecule has 1 amide bonds. The van der Waals surface area contributed by atoms with E-state index in [0.29, 0.717) is 24.3 Å². The van der Waals surface area contributed by atoms with Gasteiger partial charge in [-0.25, -0.2) is 0 Å². The summed E-state index contributed by atoms with van der Waals surface area (Å²) in [5, 5.41) is 6.56. The van der Waals surface area contributed by atoms with E-state index in [4.69, 9.17) is 0 Å². The van der Waals surface area contributed by atoms with Crippen molar-refractivity contribution in [3.8, 4) is 0 Å². The summed E-state index contributed by atoms with van der Waals surface area (Å²) in [6.07, 6.45) is 4.12. The molecule has 1 heterocycles. The summed E-state index contributed by atoms with van der Waals surface area (Å²) >= 11 is 0. The molecule has 27 heavy (non-hydrogen) atoms. The number of carbonyl (C=O) groups excluding carboxylic acids is 1. The van der Waals surface area contributed by atoms with Crippen molar-refractivity contribution in [2.75, 3.05) is 26.7 Å². The molecule has 1 aliphatic rings. The minimum absolute atomic E-state index is 0. The lowest BCUT2D eigenvalue weighted by Crippen LogP contribution is -2.37. The molecular weight excluding hydrogens is 381 g/mol. The highest BCUT2D eigenvalue weighted by molar-refractivity contribution is 5.85. The van der Waals surface area contributed by atoms with Crippen LogP contribution in [0.4, 0.5) is 0 Å². The van der Waals surface area contributed by atoms with E-state index in [0.717, 1.165) is 32.6 Å². The molecule has 3 atom stereocenters. The number of nitrogens with one attached hydrogen (secondary N) is 2. The molecule has 0 bridgehead atoms. The molecule has 0 aliphatic carbocycles. The zero-order chi connectivity index (χ0) is 18.1. The Balaban J connectivity index is 0.00000338. The predicted octanol–water partition coefficient (Wildman–Crippen LogP) is 3.88. The standard InChI is InChI=1S/C21H35N3O.2ClH/c1-17(20-10-7-12-22-15-20)14-21(25)23-13-11-18(2)24(3)16-19-8-5-4-6-9-19;;/h4-6,8-9,17-18,20,22H,7,10-16H2,1-3H3,(H,23,25);2*1H. The van der Waals surface area contributed by atoms with Crippen LogP contribution in [-0.2, 0) is 11.3 Å². The van der Waals surface area contributed by atoms with E-state index in [2.05, 4.69) is 60.7 Å². The number of benzene rings is 1. The molecule has 1 aromatic rings. The number of hydrogen-bond donors (Lipinski definition) is 2. The fourth-order valence-corrected chi connectivity index (χ4v) is 3.56. The van der Waals surface area contributed by atoms with Gasteiger partial charge in [0, 0.05) is 25.6 Å². The molecule has 3 unspecified atom stereocenters. The number of nitrogens with zero attached hydrogens (tertiary/aromatic N) is 1. The first-order valence-electron chi connectivity index (χ1n) is 9.78. The van der Waals surface area contributed by atoms with Crippen molar-refractivity contribution < 1.29 is 4.79 Å². The average Bonchev–Trinajstić information content (AvgIpc) is 2.63. The SMILES string of the molecule is CC(CC(=O)NCCC(C)N(C)Cc1ccccc1)C1CCCNC1.Cl.Cl. The lowest BCUT2D eigenvalue weighted by molar-refractivity contribution is -0.122. The smallest absolute Gasteiger partial charge is 0.220 e. The van der Waals surface area contributed by atoms with Crippen molar-refractivity contribution in [2.45, 2.75) is 52.1 Å². The molecule has 1 saturated heterocycles. The van der Waals surface area contributed by atoms with E-state index in [-0.39, 0.29) is 30.7 Å². The topological polar surface area (TPSA) is 44.4 Å². The first-order valence-corrected chi connectivity index (χ1v) is 9.78. The van der Waals surface area contributed by atoms with Crippen LogP contribution in [0.2, 0.25) is 0 Å². The van der Waals surface area contributed by atoms with Gasteiger partial charge in [0.15, 0.2) is 0 Å².